The molecule has 0 saturated carbocycles. The molecule has 2 aromatic rings. The van der Waals surface area contributed by atoms with Gasteiger partial charge < -0.3 is 0 Å². The normalized spacial score (nSPS) is 16.9. The summed E-state index contributed by atoms with van der Waals surface area (Å²) in [6.45, 7) is 3.75. The highest BCUT2D eigenvalue weighted by atomic mass is 19.1. The van der Waals surface area contributed by atoms with Gasteiger partial charge in [-0.25, -0.2) is 4.39 Å². The van der Waals surface area contributed by atoms with Gasteiger partial charge in [0.2, 0.25) is 0 Å². The maximum absolute atomic E-state index is 14.6. The van der Waals surface area contributed by atoms with Gasteiger partial charge in [-0.15, -0.1) is 6.58 Å². The van der Waals surface area contributed by atoms with Crippen LogP contribution in [0, 0.1) is 5.82 Å². The molecule has 0 saturated heterocycles. The minimum absolute atomic E-state index is 0.121. The monoisotopic (exact) mass is 304 g/mol. The highest BCUT2D eigenvalue weighted by Crippen LogP contribution is 2.32. The van der Waals surface area contributed by atoms with Gasteiger partial charge in [0.15, 0.2) is 0 Å². The smallest absolute Gasteiger partial charge is 0.127 e. The predicted molar refractivity (Wildman–Crippen MR) is 95.8 cm³/mol. The van der Waals surface area contributed by atoms with Gasteiger partial charge >= 0.3 is 0 Å². The first-order valence-corrected chi connectivity index (χ1v) is 8.11. The lowest BCUT2D eigenvalue weighted by Crippen LogP contribution is -2.02. The predicted octanol–water partition coefficient (Wildman–Crippen LogP) is 6.43. The fourth-order valence-corrected chi connectivity index (χ4v) is 2.99. The first-order valence-electron chi connectivity index (χ1n) is 8.11. The molecule has 2 aromatic carbocycles. The van der Waals surface area contributed by atoms with Crippen LogP contribution in [0.2, 0.25) is 0 Å². The van der Waals surface area contributed by atoms with Crippen LogP contribution in [0.1, 0.15) is 30.7 Å². The summed E-state index contributed by atoms with van der Waals surface area (Å²) >= 11 is 0. The Hall–Kier alpha value is -2.41. The maximum Gasteiger partial charge on any atom is 0.127 e. The SMILES string of the molecule is C=CCCC1=CCC(c2ccc(-c3ccccc3)cc2F)C=C1. The molecule has 0 spiro atoms. The third-order valence-electron chi connectivity index (χ3n) is 4.32. The average Bonchev–Trinajstić information content (AvgIpc) is 2.61. The van der Waals surface area contributed by atoms with Gasteiger partial charge in [-0.2, -0.15) is 0 Å². The number of benzene rings is 2. The maximum atomic E-state index is 14.6. The van der Waals surface area contributed by atoms with Gasteiger partial charge in [0.1, 0.15) is 5.82 Å². The van der Waals surface area contributed by atoms with Crippen molar-refractivity contribution in [2.24, 2.45) is 0 Å². The summed E-state index contributed by atoms with van der Waals surface area (Å²) < 4.78 is 14.6. The molecule has 116 valence electrons. The first kappa shape index (κ1) is 15.5. The van der Waals surface area contributed by atoms with Crippen LogP contribution >= 0.6 is 0 Å². The zero-order valence-electron chi connectivity index (χ0n) is 13.2. The van der Waals surface area contributed by atoms with E-state index < -0.39 is 0 Å². The lowest BCUT2D eigenvalue weighted by Gasteiger charge is -2.18. The summed E-state index contributed by atoms with van der Waals surface area (Å²) in [6.07, 6.45) is 11.3. The fraction of sp³-hybridized carbons (Fsp3) is 0.182. The zero-order valence-corrected chi connectivity index (χ0v) is 13.2. The second kappa shape index (κ2) is 7.23. The Bertz CT molecular complexity index is 738. The standard InChI is InChI=1S/C22H21F/c1-2-3-7-17-10-12-19(13-11-17)21-15-14-20(16-22(21)23)18-8-5-4-6-9-18/h2,4-6,8-12,14-16,19H,1,3,7,13H2. The molecular weight excluding hydrogens is 283 g/mol. The summed E-state index contributed by atoms with van der Waals surface area (Å²) in [5.41, 5.74) is 4.07. The van der Waals surface area contributed by atoms with Gasteiger partial charge in [-0.3, -0.25) is 0 Å². The van der Waals surface area contributed by atoms with Crippen LogP contribution < -0.4 is 0 Å². The average molecular weight is 304 g/mol. The molecule has 0 bridgehead atoms. The highest BCUT2D eigenvalue weighted by Gasteiger charge is 2.15. The molecule has 0 radical (unpaired) electrons. The van der Waals surface area contributed by atoms with E-state index in [9.17, 15) is 4.39 Å². The largest absolute Gasteiger partial charge is 0.207 e. The van der Waals surface area contributed by atoms with E-state index in [0.29, 0.717) is 0 Å². The quantitative estimate of drug-likeness (QED) is 0.558. The van der Waals surface area contributed by atoms with E-state index in [2.05, 4.69) is 24.8 Å². The Morgan fingerprint density at radius 3 is 2.57 bits per heavy atom. The van der Waals surface area contributed by atoms with Crippen molar-refractivity contribution >= 4 is 0 Å². The lowest BCUT2D eigenvalue weighted by atomic mass is 9.88. The first-order chi connectivity index (χ1) is 11.3. The molecule has 23 heavy (non-hydrogen) atoms. The molecule has 0 nitrogen and oxygen atoms in total. The fourth-order valence-electron chi connectivity index (χ4n) is 2.99. The summed E-state index contributed by atoms with van der Waals surface area (Å²) in [5.74, 6) is 0.0104. The van der Waals surface area contributed by atoms with Crippen LogP contribution in [0.5, 0.6) is 0 Å². The Labute approximate surface area is 137 Å². The van der Waals surface area contributed by atoms with Crippen molar-refractivity contribution in [3.63, 3.8) is 0 Å². The molecule has 0 aromatic heterocycles. The van der Waals surface area contributed by atoms with E-state index >= 15 is 0 Å². The lowest BCUT2D eigenvalue weighted by molar-refractivity contribution is 0.599. The van der Waals surface area contributed by atoms with E-state index in [-0.39, 0.29) is 11.7 Å². The minimum atomic E-state index is -0.121. The van der Waals surface area contributed by atoms with E-state index in [0.717, 1.165) is 36.0 Å². The zero-order chi connectivity index (χ0) is 16.1. The van der Waals surface area contributed by atoms with Gasteiger partial charge in [0, 0.05) is 5.92 Å². The molecule has 1 aliphatic rings. The van der Waals surface area contributed by atoms with E-state index in [4.69, 9.17) is 0 Å². The van der Waals surface area contributed by atoms with Crippen LogP contribution in [0.15, 0.2) is 85.0 Å². The molecule has 0 amide bonds. The molecule has 1 aliphatic carbocycles. The number of rotatable bonds is 5. The Kier molecular flexibility index (Phi) is 4.87. The van der Waals surface area contributed by atoms with Crippen molar-refractivity contribution in [1.29, 1.82) is 0 Å². The number of halogens is 1. The van der Waals surface area contributed by atoms with Crippen LogP contribution in [-0.2, 0) is 0 Å². The van der Waals surface area contributed by atoms with Crippen LogP contribution in [0.25, 0.3) is 11.1 Å². The van der Waals surface area contributed by atoms with E-state index in [1.165, 1.54) is 5.57 Å². The van der Waals surface area contributed by atoms with Crippen molar-refractivity contribution in [1.82, 2.24) is 0 Å². The van der Waals surface area contributed by atoms with Crippen molar-refractivity contribution in [2.75, 3.05) is 0 Å². The third-order valence-corrected chi connectivity index (χ3v) is 4.32. The van der Waals surface area contributed by atoms with Crippen molar-refractivity contribution in [3.05, 3.63) is 96.4 Å². The molecule has 0 fully saturated rings. The molecule has 1 unspecified atom stereocenters. The molecule has 1 atom stereocenters. The molecule has 0 aliphatic heterocycles. The second-order valence-corrected chi connectivity index (χ2v) is 5.91. The summed E-state index contributed by atoms with van der Waals surface area (Å²) in [5, 5.41) is 0. The summed E-state index contributed by atoms with van der Waals surface area (Å²) in [7, 11) is 0. The molecule has 3 rings (SSSR count). The number of hydrogen-bond acceptors (Lipinski definition) is 0. The minimum Gasteiger partial charge on any atom is -0.207 e. The van der Waals surface area contributed by atoms with E-state index in [1.807, 2.05) is 48.5 Å². The van der Waals surface area contributed by atoms with Gasteiger partial charge in [0.25, 0.3) is 0 Å². The van der Waals surface area contributed by atoms with Gasteiger partial charge in [-0.1, -0.05) is 72.3 Å². The van der Waals surface area contributed by atoms with Crippen molar-refractivity contribution in [2.45, 2.75) is 25.2 Å². The second-order valence-electron chi connectivity index (χ2n) is 5.91. The van der Waals surface area contributed by atoms with Crippen LogP contribution in [0.3, 0.4) is 0 Å². The van der Waals surface area contributed by atoms with Crippen molar-refractivity contribution in [3.8, 4) is 11.1 Å². The number of allylic oxidation sites excluding steroid dienone is 5. The Morgan fingerprint density at radius 2 is 1.91 bits per heavy atom. The van der Waals surface area contributed by atoms with Crippen LogP contribution in [0.4, 0.5) is 4.39 Å². The van der Waals surface area contributed by atoms with Crippen LogP contribution in [-0.4, -0.2) is 0 Å². The molecular formula is C22H21F. The molecule has 1 heteroatoms. The van der Waals surface area contributed by atoms with Crippen molar-refractivity contribution < 1.29 is 4.39 Å². The summed E-state index contributed by atoms with van der Waals surface area (Å²) in [4.78, 5) is 0. The van der Waals surface area contributed by atoms with E-state index in [1.54, 1.807) is 6.07 Å². The topological polar surface area (TPSA) is 0 Å². The molecule has 0 heterocycles. The highest BCUT2D eigenvalue weighted by molar-refractivity contribution is 5.64. The van der Waals surface area contributed by atoms with Gasteiger partial charge in [-0.05, 0) is 42.0 Å². The Morgan fingerprint density at radius 1 is 1.09 bits per heavy atom. The third kappa shape index (κ3) is 3.68. The summed E-state index contributed by atoms with van der Waals surface area (Å²) in [6, 6.07) is 15.5. The number of hydrogen-bond donors (Lipinski definition) is 0. The molecule has 0 N–H and O–H groups in total. The Balaban J connectivity index is 1.76. The van der Waals surface area contributed by atoms with Gasteiger partial charge in [0.05, 0.1) is 0 Å².